The summed E-state index contributed by atoms with van der Waals surface area (Å²) in [6.07, 6.45) is 1.07. The number of thiol groups is 1. The summed E-state index contributed by atoms with van der Waals surface area (Å²) in [7, 11) is -2.27. The summed E-state index contributed by atoms with van der Waals surface area (Å²) in [6.45, 7) is 0. The van der Waals surface area contributed by atoms with E-state index in [0.717, 1.165) is 17.2 Å². The Morgan fingerprint density at radius 2 is 2.14 bits per heavy atom. The molecule has 7 heavy (non-hydrogen) atoms. The number of rotatable bonds is 2. The zero-order chi connectivity index (χ0) is 5.91. The van der Waals surface area contributed by atoms with Crippen LogP contribution in [0, 0.1) is 0 Å². The van der Waals surface area contributed by atoms with Crippen LogP contribution >= 0.6 is 22.6 Å². The zero-order valence-electron chi connectivity index (χ0n) is 3.58. The third-order valence-electron chi connectivity index (χ3n) is 0.189. The Labute approximate surface area is 51.9 Å². The van der Waals surface area contributed by atoms with Crippen molar-refractivity contribution < 1.29 is 8.42 Å². The van der Waals surface area contributed by atoms with Crippen LogP contribution in [0.1, 0.15) is 0 Å². The predicted octanol–water partition coefficient (Wildman–Crippen LogP) is 0.0286. The average molecular weight is 159 g/mol. The molecule has 0 fully saturated rings. The molecule has 3 nitrogen and oxygen atoms in total. The van der Waals surface area contributed by atoms with Crippen molar-refractivity contribution in [3.8, 4) is 0 Å². The third-order valence-corrected chi connectivity index (χ3v) is 2.37. The molecule has 0 amide bonds. The Hall–Kier alpha value is 0.610. The molecule has 0 bridgehead atoms. The predicted molar refractivity (Wildman–Crippen MR) is 34.6 cm³/mol. The summed E-state index contributed by atoms with van der Waals surface area (Å²) >= 11 is 3.54. The first-order valence-corrected chi connectivity index (χ1v) is 5.09. The molecule has 0 aliphatic heterocycles. The van der Waals surface area contributed by atoms with Crippen molar-refractivity contribution in [2.75, 3.05) is 6.26 Å². The maximum atomic E-state index is 10.1. The van der Waals surface area contributed by atoms with Gasteiger partial charge in [0, 0.05) is 0 Å². The van der Waals surface area contributed by atoms with Crippen LogP contribution in [0.4, 0.5) is 0 Å². The summed E-state index contributed by atoms with van der Waals surface area (Å²) in [5.74, 6) is 0. The van der Waals surface area contributed by atoms with Gasteiger partial charge in [0.2, 0.25) is 10.0 Å². The van der Waals surface area contributed by atoms with Gasteiger partial charge < -0.3 is 0 Å². The average Bonchev–Trinajstić information content (AvgIpc) is 1.30. The van der Waals surface area contributed by atoms with Crippen molar-refractivity contribution in [2.45, 2.75) is 0 Å². The van der Waals surface area contributed by atoms with E-state index in [2.05, 4.69) is 11.7 Å². The molecule has 0 heterocycles. The minimum atomic E-state index is -3.04. The van der Waals surface area contributed by atoms with Crippen LogP contribution in [-0.2, 0) is 10.0 Å². The first-order chi connectivity index (χ1) is 3.06. The molecule has 0 saturated carbocycles. The van der Waals surface area contributed by atoms with E-state index >= 15 is 0 Å². The molecule has 6 heteroatoms. The SMILES string of the molecule is CS(=O)(=O)NSS. The van der Waals surface area contributed by atoms with E-state index in [1.165, 1.54) is 0 Å². The van der Waals surface area contributed by atoms with Gasteiger partial charge in [0.1, 0.15) is 0 Å². The van der Waals surface area contributed by atoms with E-state index in [0.29, 0.717) is 0 Å². The highest BCUT2D eigenvalue weighted by Gasteiger charge is 1.94. The lowest BCUT2D eigenvalue weighted by molar-refractivity contribution is 0.600. The maximum Gasteiger partial charge on any atom is 0.218 e. The van der Waals surface area contributed by atoms with E-state index in [-0.39, 0.29) is 0 Å². The molecule has 0 aliphatic rings. The monoisotopic (exact) mass is 159 g/mol. The van der Waals surface area contributed by atoms with Crippen LogP contribution in [0.3, 0.4) is 0 Å². The Kier molecular flexibility index (Phi) is 3.05. The molecule has 0 spiro atoms. The highest BCUT2D eigenvalue weighted by atomic mass is 33.1. The Morgan fingerprint density at radius 3 is 2.14 bits per heavy atom. The van der Waals surface area contributed by atoms with Crippen molar-refractivity contribution in [1.82, 2.24) is 4.13 Å². The second-order valence-electron chi connectivity index (χ2n) is 0.947. The third kappa shape index (κ3) is 6.61. The molecule has 1 N–H and O–H groups in total. The fourth-order valence-electron chi connectivity index (χ4n) is 0.0677. The van der Waals surface area contributed by atoms with Crippen LogP contribution in [-0.4, -0.2) is 14.7 Å². The lowest BCUT2D eigenvalue weighted by Crippen LogP contribution is -2.11. The van der Waals surface area contributed by atoms with Crippen LogP contribution in [0.15, 0.2) is 0 Å². The molecule has 0 aromatic carbocycles. The molecule has 44 valence electrons. The number of nitrogens with one attached hydrogen (secondary N) is 1. The number of hydrogen-bond donors (Lipinski definition) is 2. The van der Waals surface area contributed by atoms with Crippen LogP contribution in [0.5, 0.6) is 0 Å². The van der Waals surface area contributed by atoms with Crippen molar-refractivity contribution in [3.63, 3.8) is 0 Å². The summed E-state index contributed by atoms with van der Waals surface area (Å²) in [4.78, 5) is 0. The summed E-state index contributed by atoms with van der Waals surface area (Å²) in [5.41, 5.74) is 0. The van der Waals surface area contributed by atoms with E-state index in [9.17, 15) is 8.42 Å². The normalized spacial score (nSPS) is 11.7. The molecule has 0 saturated heterocycles. The van der Waals surface area contributed by atoms with E-state index in [1.54, 1.807) is 0 Å². The van der Waals surface area contributed by atoms with Gasteiger partial charge in [-0.2, -0.15) is 0 Å². The van der Waals surface area contributed by atoms with Gasteiger partial charge in [-0.3, -0.25) is 0 Å². The molecular weight excluding hydrogens is 154 g/mol. The van der Waals surface area contributed by atoms with Gasteiger partial charge in [-0.25, -0.2) is 8.42 Å². The smallest absolute Gasteiger partial charge is 0.212 e. The topological polar surface area (TPSA) is 46.2 Å². The fourth-order valence-corrected chi connectivity index (χ4v) is 1.83. The lowest BCUT2D eigenvalue weighted by atomic mass is 12.0. The number of sulfonamides is 1. The van der Waals surface area contributed by atoms with Crippen LogP contribution in [0.25, 0.3) is 0 Å². The molecule has 0 aliphatic carbocycles. The molecule has 0 aromatic heterocycles. The van der Waals surface area contributed by atoms with Gasteiger partial charge in [-0.1, -0.05) is 11.7 Å². The Bertz CT molecular complexity index is 126. The maximum absolute atomic E-state index is 10.1. The van der Waals surface area contributed by atoms with Crippen LogP contribution < -0.4 is 4.13 Å². The van der Waals surface area contributed by atoms with Gasteiger partial charge >= 0.3 is 0 Å². The van der Waals surface area contributed by atoms with Crippen molar-refractivity contribution >= 4 is 32.7 Å². The molecule has 0 radical (unpaired) electrons. The minimum Gasteiger partial charge on any atom is -0.212 e. The van der Waals surface area contributed by atoms with E-state index in [4.69, 9.17) is 0 Å². The van der Waals surface area contributed by atoms with Crippen molar-refractivity contribution in [2.24, 2.45) is 0 Å². The van der Waals surface area contributed by atoms with Crippen LogP contribution in [0.2, 0.25) is 0 Å². The first kappa shape index (κ1) is 7.61. The van der Waals surface area contributed by atoms with Gasteiger partial charge in [0.25, 0.3) is 0 Å². The summed E-state index contributed by atoms with van der Waals surface area (Å²) in [5, 5.41) is 0. The lowest BCUT2D eigenvalue weighted by Gasteiger charge is -1.89. The minimum absolute atomic E-state index is 0.765. The highest BCUT2D eigenvalue weighted by molar-refractivity contribution is 8.69. The van der Waals surface area contributed by atoms with E-state index in [1.807, 2.05) is 4.13 Å². The number of hydrogen-bond acceptors (Lipinski definition) is 4. The first-order valence-electron chi connectivity index (χ1n) is 1.33. The van der Waals surface area contributed by atoms with E-state index < -0.39 is 10.0 Å². The largest absolute Gasteiger partial charge is 0.218 e. The standard InChI is InChI=1S/CH5NO2S3/c1-7(3,4)2-6-5/h2,5H,1H3. The highest BCUT2D eigenvalue weighted by Crippen LogP contribution is 1.97. The molecule has 0 atom stereocenters. The van der Waals surface area contributed by atoms with Gasteiger partial charge in [-0.05, 0) is 11.0 Å². The second kappa shape index (κ2) is 2.81. The fraction of sp³-hybridized carbons (Fsp3) is 1.00. The second-order valence-corrected chi connectivity index (χ2v) is 3.89. The van der Waals surface area contributed by atoms with Gasteiger partial charge in [0.05, 0.1) is 6.26 Å². The Balaban J connectivity index is 3.60. The van der Waals surface area contributed by atoms with Crippen molar-refractivity contribution in [1.29, 1.82) is 0 Å². The molecule has 0 rings (SSSR count). The summed E-state index contributed by atoms with van der Waals surface area (Å²) < 4.78 is 22.1. The quantitative estimate of drug-likeness (QED) is 0.339. The molecule has 0 aromatic rings. The van der Waals surface area contributed by atoms with Gasteiger partial charge in [0.15, 0.2) is 0 Å². The summed E-state index contributed by atoms with van der Waals surface area (Å²) in [6, 6.07) is 0. The van der Waals surface area contributed by atoms with Gasteiger partial charge in [-0.15, -0.1) is 4.13 Å². The molecular formula is CH5NO2S3. The zero-order valence-corrected chi connectivity index (χ0v) is 6.11. The van der Waals surface area contributed by atoms with Crippen molar-refractivity contribution in [3.05, 3.63) is 0 Å². The Morgan fingerprint density at radius 1 is 1.71 bits per heavy atom. The molecule has 0 unspecified atom stereocenters.